The molecule has 1 atom stereocenters. The first-order chi connectivity index (χ1) is 11.3. The van der Waals surface area contributed by atoms with Crippen molar-refractivity contribution >= 4 is 17.2 Å². The van der Waals surface area contributed by atoms with Crippen LogP contribution in [0.15, 0.2) is 70.7 Å². The minimum absolute atomic E-state index is 0.0713. The molecule has 118 valence electrons. The van der Waals surface area contributed by atoms with Gasteiger partial charge in [-0.05, 0) is 35.6 Å². The second kappa shape index (κ2) is 7.79. The fraction of sp³-hybridized carbons (Fsp3) is 0.211. The number of carbonyl (C=O) groups is 1. The van der Waals surface area contributed by atoms with Crippen molar-refractivity contribution in [3.05, 3.63) is 82.4 Å². The molecule has 0 bridgehead atoms. The molecule has 2 heterocycles. The number of thiophene rings is 1. The van der Waals surface area contributed by atoms with Gasteiger partial charge in [-0.1, -0.05) is 36.4 Å². The number of amides is 1. The first kappa shape index (κ1) is 15.6. The topological polar surface area (TPSA) is 42.2 Å². The number of hydrogen-bond acceptors (Lipinski definition) is 3. The summed E-state index contributed by atoms with van der Waals surface area (Å²) in [6, 6.07) is 18.0. The largest absolute Gasteiger partial charge is 0.469 e. The van der Waals surface area contributed by atoms with Gasteiger partial charge in [0, 0.05) is 17.8 Å². The van der Waals surface area contributed by atoms with Gasteiger partial charge in [-0.25, -0.2) is 0 Å². The lowest BCUT2D eigenvalue weighted by atomic mass is 10.0. The van der Waals surface area contributed by atoms with Crippen LogP contribution in [0.25, 0.3) is 0 Å². The number of nitrogens with one attached hydrogen (secondary N) is 1. The van der Waals surface area contributed by atoms with Crippen molar-refractivity contribution in [3.8, 4) is 0 Å². The zero-order chi connectivity index (χ0) is 15.9. The van der Waals surface area contributed by atoms with Gasteiger partial charge in [0.25, 0.3) is 0 Å². The molecule has 1 N–H and O–H groups in total. The van der Waals surface area contributed by atoms with Gasteiger partial charge in [0.15, 0.2) is 0 Å². The minimum Gasteiger partial charge on any atom is -0.469 e. The second-order valence-corrected chi connectivity index (χ2v) is 6.35. The van der Waals surface area contributed by atoms with Crippen LogP contribution in [-0.2, 0) is 11.2 Å². The van der Waals surface area contributed by atoms with Crippen LogP contribution in [0, 0.1) is 0 Å². The highest BCUT2D eigenvalue weighted by Crippen LogP contribution is 2.28. The van der Waals surface area contributed by atoms with Gasteiger partial charge >= 0.3 is 0 Å². The number of rotatable bonds is 7. The van der Waals surface area contributed by atoms with E-state index in [0.717, 1.165) is 12.2 Å². The Morgan fingerprint density at radius 2 is 1.96 bits per heavy atom. The van der Waals surface area contributed by atoms with Crippen molar-refractivity contribution in [2.45, 2.75) is 18.8 Å². The fourth-order valence-electron chi connectivity index (χ4n) is 2.53. The van der Waals surface area contributed by atoms with Crippen molar-refractivity contribution < 1.29 is 9.21 Å². The average Bonchev–Trinajstić information content (AvgIpc) is 3.28. The number of hydrogen-bond donors (Lipinski definition) is 1. The van der Waals surface area contributed by atoms with Crippen molar-refractivity contribution in [1.29, 1.82) is 0 Å². The summed E-state index contributed by atoms with van der Waals surface area (Å²) in [5, 5.41) is 5.08. The molecule has 2 aromatic heterocycles. The van der Waals surface area contributed by atoms with Gasteiger partial charge in [0.1, 0.15) is 5.76 Å². The maximum atomic E-state index is 12.1. The smallest absolute Gasteiger partial charge is 0.220 e. The summed E-state index contributed by atoms with van der Waals surface area (Å²) in [7, 11) is 0. The molecule has 0 spiro atoms. The fourth-order valence-corrected chi connectivity index (χ4v) is 3.36. The maximum absolute atomic E-state index is 12.1. The van der Waals surface area contributed by atoms with E-state index in [1.54, 1.807) is 17.6 Å². The Bertz CT molecular complexity index is 671. The van der Waals surface area contributed by atoms with Crippen molar-refractivity contribution in [3.63, 3.8) is 0 Å². The molecule has 3 rings (SSSR count). The lowest BCUT2D eigenvalue weighted by molar-refractivity contribution is -0.121. The second-order valence-electron chi connectivity index (χ2n) is 5.37. The summed E-state index contributed by atoms with van der Waals surface area (Å²) < 4.78 is 5.54. The molecular weight excluding hydrogens is 306 g/mol. The first-order valence-electron chi connectivity index (χ1n) is 7.70. The van der Waals surface area contributed by atoms with Crippen molar-refractivity contribution in [2.24, 2.45) is 0 Å². The molecule has 4 heteroatoms. The Balaban J connectivity index is 1.55. The minimum atomic E-state index is 0.0713. The van der Waals surface area contributed by atoms with E-state index in [0.29, 0.717) is 13.0 Å². The van der Waals surface area contributed by atoms with E-state index < -0.39 is 0 Å². The molecule has 0 aliphatic carbocycles. The van der Waals surface area contributed by atoms with Gasteiger partial charge in [-0.3, -0.25) is 4.79 Å². The van der Waals surface area contributed by atoms with Gasteiger partial charge in [0.05, 0.1) is 12.2 Å². The predicted molar refractivity (Wildman–Crippen MR) is 92.6 cm³/mol. The van der Waals surface area contributed by atoms with Crippen LogP contribution in [0.1, 0.15) is 28.5 Å². The molecule has 23 heavy (non-hydrogen) atoms. The summed E-state index contributed by atoms with van der Waals surface area (Å²) in [6.45, 7) is 0.557. The van der Waals surface area contributed by atoms with Crippen LogP contribution in [0.4, 0.5) is 0 Å². The highest BCUT2D eigenvalue weighted by molar-refractivity contribution is 7.10. The highest BCUT2D eigenvalue weighted by Gasteiger charge is 2.18. The van der Waals surface area contributed by atoms with E-state index in [-0.39, 0.29) is 11.8 Å². The van der Waals surface area contributed by atoms with E-state index in [1.807, 2.05) is 53.9 Å². The van der Waals surface area contributed by atoms with Gasteiger partial charge in [-0.15, -0.1) is 11.3 Å². The third-order valence-electron chi connectivity index (χ3n) is 3.76. The maximum Gasteiger partial charge on any atom is 0.220 e. The summed E-state index contributed by atoms with van der Waals surface area (Å²) >= 11 is 1.68. The van der Waals surface area contributed by atoms with Gasteiger partial charge in [0.2, 0.25) is 5.91 Å². The van der Waals surface area contributed by atoms with Crippen LogP contribution >= 0.6 is 11.3 Å². The molecule has 0 saturated heterocycles. The lowest BCUT2D eigenvalue weighted by Crippen LogP contribution is -2.28. The third kappa shape index (κ3) is 4.33. The average molecular weight is 325 g/mol. The van der Waals surface area contributed by atoms with Crippen molar-refractivity contribution in [2.75, 3.05) is 6.54 Å². The molecule has 0 radical (unpaired) electrons. The standard InChI is InChI=1S/C19H19NO2S/c21-19(11-10-15-6-2-1-3-7-15)20-14-16(17-8-4-12-22-17)18-9-5-13-23-18/h1-9,12-13,16H,10-11,14H2,(H,20,21)/t16-/m1/s1. The van der Waals surface area contributed by atoms with Crippen LogP contribution in [-0.4, -0.2) is 12.5 Å². The highest BCUT2D eigenvalue weighted by atomic mass is 32.1. The summed E-state index contributed by atoms with van der Waals surface area (Å²) in [5.41, 5.74) is 1.18. The molecule has 0 unspecified atom stereocenters. The van der Waals surface area contributed by atoms with Crippen LogP contribution in [0.2, 0.25) is 0 Å². The Kier molecular flexibility index (Phi) is 5.27. The van der Waals surface area contributed by atoms with Gasteiger partial charge in [-0.2, -0.15) is 0 Å². The Morgan fingerprint density at radius 1 is 1.09 bits per heavy atom. The molecule has 0 aliphatic rings. The Hall–Kier alpha value is -2.33. The van der Waals surface area contributed by atoms with E-state index in [4.69, 9.17) is 4.42 Å². The van der Waals surface area contributed by atoms with E-state index >= 15 is 0 Å². The molecule has 0 saturated carbocycles. The number of aryl methyl sites for hydroxylation is 1. The van der Waals surface area contributed by atoms with E-state index in [2.05, 4.69) is 11.4 Å². The molecule has 1 amide bonds. The first-order valence-corrected chi connectivity index (χ1v) is 8.58. The summed E-state index contributed by atoms with van der Waals surface area (Å²) in [6.07, 6.45) is 2.93. The quantitative estimate of drug-likeness (QED) is 0.706. The van der Waals surface area contributed by atoms with E-state index in [1.165, 1.54) is 10.4 Å². The number of carbonyl (C=O) groups excluding carboxylic acids is 1. The zero-order valence-corrected chi connectivity index (χ0v) is 13.6. The van der Waals surface area contributed by atoms with Crippen LogP contribution < -0.4 is 5.32 Å². The third-order valence-corrected chi connectivity index (χ3v) is 4.75. The molecule has 1 aromatic carbocycles. The molecule has 0 aliphatic heterocycles. The normalized spacial score (nSPS) is 12.0. The Labute approximate surface area is 140 Å². The predicted octanol–water partition coefficient (Wildman–Crippen LogP) is 4.22. The summed E-state index contributed by atoms with van der Waals surface area (Å²) in [4.78, 5) is 13.3. The van der Waals surface area contributed by atoms with Gasteiger partial charge < -0.3 is 9.73 Å². The molecule has 3 nitrogen and oxygen atoms in total. The van der Waals surface area contributed by atoms with Crippen molar-refractivity contribution in [1.82, 2.24) is 5.32 Å². The number of benzene rings is 1. The monoisotopic (exact) mass is 325 g/mol. The van der Waals surface area contributed by atoms with E-state index in [9.17, 15) is 4.79 Å². The summed E-state index contributed by atoms with van der Waals surface area (Å²) in [5.74, 6) is 1.03. The molecule has 3 aromatic rings. The Morgan fingerprint density at radius 3 is 2.65 bits per heavy atom. The SMILES string of the molecule is O=C(CCc1ccccc1)NC[C@H](c1ccco1)c1cccs1. The van der Waals surface area contributed by atoms with Crippen LogP contribution in [0.3, 0.4) is 0 Å². The lowest BCUT2D eigenvalue weighted by Gasteiger charge is -2.14. The molecule has 0 fully saturated rings. The van der Waals surface area contributed by atoms with Crippen LogP contribution in [0.5, 0.6) is 0 Å². The number of furan rings is 1. The molecular formula is C19H19NO2S. The zero-order valence-electron chi connectivity index (χ0n) is 12.8.